The topological polar surface area (TPSA) is 50.4 Å². The molecule has 16 aromatic carbocycles. The molecule has 0 bridgehead atoms. The largest absolute Gasteiger partial charge is 0.309 e. The molecule has 0 N–H and O–H groups in total. The number of hydrogen-bond donors (Lipinski definition) is 0. The number of aromatic nitrogens is 7. The van der Waals surface area contributed by atoms with Crippen molar-refractivity contribution in [2.45, 2.75) is 0 Å². The van der Waals surface area contributed by atoms with Crippen molar-refractivity contribution >= 4 is 120 Å². The molecule has 6 aromatic heterocycles. The average molecular weight is 1340 g/mol. The molecular formula is C98H61N7. The van der Waals surface area contributed by atoms with Gasteiger partial charge in [0.25, 0.3) is 0 Å². The Balaban J connectivity index is 0.661. The highest BCUT2D eigenvalue weighted by Crippen LogP contribution is 2.44. The van der Waals surface area contributed by atoms with Crippen molar-refractivity contribution in [1.29, 1.82) is 0 Å². The van der Waals surface area contributed by atoms with Crippen molar-refractivity contribution < 1.29 is 0 Å². The van der Waals surface area contributed by atoms with Gasteiger partial charge >= 0.3 is 0 Å². The lowest BCUT2D eigenvalue weighted by Gasteiger charge is -2.14. The first-order valence-electron chi connectivity index (χ1n) is 35.9. The van der Waals surface area contributed by atoms with Crippen LogP contribution >= 0.6 is 0 Å². The maximum Gasteiger partial charge on any atom is 0.160 e. The molecule has 7 nitrogen and oxygen atoms in total. The van der Waals surface area contributed by atoms with Gasteiger partial charge in [-0.25, -0.2) is 9.97 Å². The molecule has 0 aliphatic carbocycles. The van der Waals surface area contributed by atoms with E-state index in [-0.39, 0.29) is 0 Å². The van der Waals surface area contributed by atoms with Gasteiger partial charge in [0.05, 0.1) is 66.4 Å². The summed E-state index contributed by atoms with van der Waals surface area (Å²) >= 11 is 0. The Morgan fingerprint density at radius 2 is 0.410 bits per heavy atom. The second kappa shape index (κ2) is 23.2. The molecule has 105 heavy (non-hydrogen) atoms. The zero-order valence-corrected chi connectivity index (χ0v) is 56.8. The minimum atomic E-state index is 0.666. The van der Waals surface area contributed by atoms with Crippen molar-refractivity contribution in [2.24, 2.45) is 0 Å². The standard InChI is InChI=1S/C98H61N7/c1-5-21-62(22-6-1)97-85-61-74(47-48-86(85)99-98(100-97)63-37-45-73(46-38-63)104-90-36-20-16-32-78(90)82-56-65(42-52-94(82)104)64-39-49-91-79(55-64)75-29-13-17-33-87(75)101(91)70-23-7-2-8-24-70)105-95-53-43-68(66-40-50-92-80(57-66)76-30-14-18-34-88(76)102(92)71-25-9-3-10-26-71)59-83(95)84-60-69(44-54-96(84)105)67-41-51-93-81(58-67)77-31-15-19-35-89(77)103(93)72-27-11-4-12-28-72/h1-61H. The van der Waals surface area contributed by atoms with E-state index in [0.29, 0.717) is 5.82 Å². The molecule has 6 heterocycles. The third-order valence-corrected chi connectivity index (χ3v) is 21.9. The number of hydrogen-bond acceptors (Lipinski definition) is 2. The highest BCUT2D eigenvalue weighted by Gasteiger charge is 2.23. The van der Waals surface area contributed by atoms with E-state index in [4.69, 9.17) is 9.97 Å². The summed E-state index contributed by atoms with van der Waals surface area (Å²) < 4.78 is 12.0. The smallest absolute Gasteiger partial charge is 0.160 e. The summed E-state index contributed by atoms with van der Waals surface area (Å²) in [6.07, 6.45) is 0. The Morgan fingerprint density at radius 3 is 0.752 bits per heavy atom. The Bertz CT molecular complexity index is 7080. The van der Waals surface area contributed by atoms with Crippen LogP contribution in [0.4, 0.5) is 0 Å². The summed E-state index contributed by atoms with van der Waals surface area (Å²) in [4.78, 5) is 11.0. The first-order chi connectivity index (χ1) is 52.1. The van der Waals surface area contributed by atoms with Crippen LogP contribution in [0, 0.1) is 0 Å². The van der Waals surface area contributed by atoms with E-state index < -0.39 is 0 Å². The molecule has 0 saturated heterocycles. The molecular weight excluding hydrogens is 1280 g/mol. The lowest BCUT2D eigenvalue weighted by Crippen LogP contribution is -1.99. The second-order valence-corrected chi connectivity index (χ2v) is 27.7. The summed E-state index contributed by atoms with van der Waals surface area (Å²) in [6, 6.07) is 135. The SMILES string of the molecule is c1ccc(-c2nc(-c3ccc(-n4c5ccccc5c5cc(-c6ccc7c(c6)c6ccccc6n7-c6ccccc6)ccc54)cc3)nc3ccc(-n4c5ccc(-c6ccc7c(c6)c6ccccc6n7-c6ccccc6)cc5c5cc(-c6ccc7c(c6)c6ccccc6n7-c6ccccc6)ccc54)cc23)cc1. The number of nitrogens with zero attached hydrogens (tertiary/aromatic N) is 7. The molecule has 0 fully saturated rings. The Labute approximate surface area is 603 Å². The van der Waals surface area contributed by atoms with Crippen molar-refractivity contribution in [2.75, 3.05) is 0 Å². The average Bonchev–Trinajstić information content (AvgIpc) is 1.59. The van der Waals surface area contributed by atoms with Gasteiger partial charge in [0, 0.05) is 98.8 Å². The summed E-state index contributed by atoms with van der Waals surface area (Å²) in [5, 5.41) is 13.1. The minimum Gasteiger partial charge on any atom is -0.309 e. The summed E-state index contributed by atoms with van der Waals surface area (Å²) in [6.45, 7) is 0. The predicted octanol–water partition coefficient (Wildman–Crippen LogP) is 25.5. The van der Waals surface area contributed by atoms with Gasteiger partial charge in [-0.3, -0.25) is 0 Å². The fourth-order valence-corrected chi connectivity index (χ4v) is 17.1. The second-order valence-electron chi connectivity index (χ2n) is 27.7. The molecule has 488 valence electrons. The van der Waals surface area contributed by atoms with E-state index in [1.807, 2.05) is 0 Å². The number of benzene rings is 16. The van der Waals surface area contributed by atoms with Crippen molar-refractivity contribution in [3.63, 3.8) is 0 Å². The monoisotopic (exact) mass is 1340 g/mol. The molecule has 0 saturated carbocycles. The molecule has 0 radical (unpaired) electrons. The first kappa shape index (κ1) is 58.6. The van der Waals surface area contributed by atoms with Crippen molar-refractivity contribution in [3.05, 3.63) is 370 Å². The first-order valence-corrected chi connectivity index (χ1v) is 35.9. The molecule has 0 aliphatic rings. The van der Waals surface area contributed by atoms with Gasteiger partial charge in [-0.1, -0.05) is 194 Å². The normalized spacial score (nSPS) is 12.0. The van der Waals surface area contributed by atoms with Crippen LogP contribution in [0.3, 0.4) is 0 Å². The molecule has 0 amide bonds. The Hall–Kier alpha value is -14.1. The summed E-state index contributed by atoms with van der Waals surface area (Å²) in [5.74, 6) is 0.666. The molecule has 7 heteroatoms. The van der Waals surface area contributed by atoms with Gasteiger partial charge in [0.2, 0.25) is 0 Å². The lowest BCUT2D eigenvalue weighted by molar-refractivity contribution is 1.17. The van der Waals surface area contributed by atoms with Crippen LogP contribution in [-0.4, -0.2) is 32.8 Å². The minimum absolute atomic E-state index is 0.666. The van der Waals surface area contributed by atoms with E-state index in [0.717, 1.165) is 100 Å². The highest BCUT2D eigenvalue weighted by atomic mass is 15.0. The van der Waals surface area contributed by atoms with Gasteiger partial charge in [-0.05, 0) is 209 Å². The predicted molar refractivity (Wildman–Crippen MR) is 438 cm³/mol. The van der Waals surface area contributed by atoms with Crippen molar-refractivity contribution in [1.82, 2.24) is 32.8 Å². The highest BCUT2D eigenvalue weighted by molar-refractivity contribution is 6.17. The zero-order valence-electron chi connectivity index (χ0n) is 56.8. The van der Waals surface area contributed by atoms with Crippen LogP contribution in [0.1, 0.15) is 0 Å². The van der Waals surface area contributed by atoms with E-state index in [1.54, 1.807) is 0 Å². The van der Waals surface area contributed by atoms with Crippen molar-refractivity contribution in [3.8, 4) is 84.5 Å². The van der Waals surface area contributed by atoms with E-state index in [2.05, 4.69) is 393 Å². The Kier molecular flexibility index (Phi) is 13.0. The molecule has 0 atom stereocenters. The molecule has 0 unspecified atom stereocenters. The van der Waals surface area contributed by atoms with Gasteiger partial charge in [-0.15, -0.1) is 0 Å². The van der Waals surface area contributed by atoms with E-state index in [9.17, 15) is 0 Å². The molecule has 22 rings (SSSR count). The Morgan fingerprint density at radius 1 is 0.152 bits per heavy atom. The van der Waals surface area contributed by atoms with Crippen LogP contribution in [0.25, 0.3) is 204 Å². The molecule has 0 aliphatic heterocycles. The van der Waals surface area contributed by atoms with Gasteiger partial charge < -0.3 is 22.8 Å². The fraction of sp³-hybridized carbons (Fsp3) is 0. The van der Waals surface area contributed by atoms with E-state index in [1.165, 1.54) is 98.1 Å². The number of rotatable bonds is 10. The van der Waals surface area contributed by atoms with Crippen LogP contribution in [0.5, 0.6) is 0 Å². The van der Waals surface area contributed by atoms with Crippen LogP contribution < -0.4 is 0 Å². The quantitative estimate of drug-likeness (QED) is 0.137. The lowest BCUT2D eigenvalue weighted by atomic mass is 9.98. The van der Waals surface area contributed by atoms with Crippen LogP contribution in [-0.2, 0) is 0 Å². The summed E-state index contributed by atoms with van der Waals surface area (Å²) in [5.41, 5.74) is 27.9. The number of para-hydroxylation sites is 7. The van der Waals surface area contributed by atoms with Crippen LogP contribution in [0.2, 0.25) is 0 Å². The van der Waals surface area contributed by atoms with Crippen LogP contribution in [0.15, 0.2) is 370 Å². The maximum absolute atomic E-state index is 5.55. The third kappa shape index (κ3) is 9.18. The van der Waals surface area contributed by atoms with Gasteiger partial charge in [0.15, 0.2) is 5.82 Å². The number of fused-ring (bicyclic) bond motifs is 16. The maximum atomic E-state index is 5.55. The third-order valence-electron chi connectivity index (χ3n) is 21.9. The van der Waals surface area contributed by atoms with E-state index >= 15 is 0 Å². The fourth-order valence-electron chi connectivity index (χ4n) is 17.1. The molecule has 22 aromatic rings. The zero-order chi connectivity index (χ0) is 68.8. The molecule has 0 spiro atoms. The summed E-state index contributed by atoms with van der Waals surface area (Å²) in [7, 11) is 0. The van der Waals surface area contributed by atoms with Gasteiger partial charge in [-0.2, -0.15) is 0 Å². The van der Waals surface area contributed by atoms with Gasteiger partial charge in [0.1, 0.15) is 0 Å².